The molecule has 0 amide bonds. The van der Waals surface area contributed by atoms with Gasteiger partial charge in [0.05, 0.1) is 4.92 Å². The molecule has 0 aliphatic heterocycles. The molecule has 0 aliphatic carbocycles. The predicted molar refractivity (Wildman–Crippen MR) is 21.8 cm³/mol. The van der Waals surface area contributed by atoms with Crippen LogP contribution in [0.4, 0.5) is 0 Å². The normalized spacial score (nSPS) is 9.50. The summed E-state index contributed by atoms with van der Waals surface area (Å²) in [5.74, 6) is 0. The Bertz CT molecular complexity index is 76.9. The van der Waals surface area contributed by atoms with Crippen LogP contribution in [0, 0.1) is 10.1 Å². The van der Waals surface area contributed by atoms with Crippen LogP contribution < -0.4 is 0 Å². The summed E-state index contributed by atoms with van der Waals surface area (Å²) in [4.78, 5) is 8.82. The molecular weight excluding hydrogens is 82.0 g/mol. The van der Waals surface area contributed by atoms with E-state index in [9.17, 15) is 10.1 Å². The molecule has 0 N–H and O–H groups in total. The molecule has 0 fully saturated rings. The van der Waals surface area contributed by atoms with E-state index in [1.54, 1.807) is 6.92 Å². The van der Waals surface area contributed by atoms with Crippen molar-refractivity contribution in [3.63, 3.8) is 0 Å². The van der Waals surface area contributed by atoms with E-state index in [4.69, 9.17) is 0 Å². The van der Waals surface area contributed by atoms with E-state index < -0.39 is 4.92 Å². The van der Waals surface area contributed by atoms with Gasteiger partial charge >= 0.3 is 0 Å². The summed E-state index contributed by atoms with van der Waals surface area (Å²) in [5.41, 5.74) is 0. The van der Waals surface area contributed by atoms with E-state index in [1.165, 1.54) is 6.08 Å². The first kappa shape index (κ1) is 5.14. The topological polar surface area (TPSA) is 43.1 Å². The van der Waals surface area contributed by atoms with Gasteiger partial charge in [0, 0.05) is 0 Å². The Hall–Kier alpha value is -0.860. The summed E-state index contributed by atoms with van der Waals surface area (Å²) in [7, 11) is 0. The van der Waals surface area contributed by atoms with Crippen molar-refractivity contribution in [3.8, 4) is 0 Å². The highest BCUT2D eigenvalue weighted by atomic mass is 16.6. The molecule has 0 radical (unpaired) electrons. The van der Waals surface area contributed by atoms with E-state index in [0.29, 0.717) is 0 Å². The SMILES string of the molecule is CC=C[N+](=O)[O-]. The lowest BCUT2D eigenvalue weighted by molar-refractivity contribution is -0.402. The fraction of sp³-hybridized carbons (Fsp3) is 0.333. The quantitative estimate of drug-likeness (QED) is 0.350. The molecule has 0 heterocycles. The number of hydrogen-bond donors (Lipinski definition) is 0. The van der Waals surface area contributed by atoms with Crippen LogP contribution in [0.1, 0.15) is 6.92 Å². The van der Waals surface area contributed by atoms with Crippen LogP contribution in [0.25, 0.3) is 0 Å². The minimum Gasteiger partial charge on any atom is -0.259 e. The average molecular weight is 87.1 g/mol. The molecular formula is C3H5NO2. The molecule has 3 nitrogen and oxygen atoms in total. The lowest BCUT2D eigenvalue weighted by Gasteiger charge is -1.69. The van der Waals surface area contributed by atoms with Gasteiger partial charge in [-0.2, -0.15) is 0 Å². The first-order valence-corrected chi connectivity index (χ1v) is 1.53. The molecule has 0 bridgehead atoms. The van der Waals surface area contributed by atoms with Gasteiger partial charge in [-0.3, -0.25) is 10.1 Å². The van der Waals surface area contributed by atoms with Crippen molar-refractivity contribution in [1.82, 2.24) is 0 Å². The van der Waals surface area contributed by atoms with E-state index in [-0.39, 0.29) is 0 Å². The van der Waals surface area contributed by atoms with Crippen LogP contribution in [0.2, 0.25) is 0 Å². The standard InChI is InChI=1S/C3H5NO2/c1-2-3-4(5)6/h2-3H,1H3. The Kier molecular flexibility index (Phi) is 2.04. The van der Waals surface area contributed by atoms with Crippen LogP contribution in [-0.2, 0) is 0 Å². The second kappa shape index (κ2) is 2.38. The monoisotopic (exact) mass is 87.0 g/mol. The van der Waals surface area contributed by atoms with E-state index in [2.05, 4.69) is 0 Å². The minimum atomic E-state index is -0.500. The fourth-order valence-electron chi connectivity index (χ4n) is 0.122. The van der Waals surface area contributed by atoms with E-state index in [0.717, 1.165) is 6.20 Å². The Labute approximate surface area is 35.4 Å². The van der Waals surface area contributed by atoms with Crippen molar-refractivity contribution in [3.05, 3.63) is 22.4 Å². The molecule has 0 atom stereocenters. The van der Waals surface area contributed by atoms with Gasteiger partial charge in [-0.25, -0.2) is 0 Å². The first-order chi connectivity index (χ1) is 2.77. The molecule has 0 rings (SSSR count). The van der Waals surface area contributed by atoms with Crippen molar-refractivity contribution < 1.29 is 4.92 Å². The fourth-order valence-corrected chi connectivity index (χ4v) is 0.122. The molecule has 0 aromatic heterocycles. The van der Waals surface area contributed by atoms with E-state index >= 15 is 0 Å². The summed E-state index contributed by atoms with van der Waals surface area (Å²) in [6.45, 7) is 1.60. The molecule has 0 aromatic carbocycles. The number of nitro groups is 1. The summed E-state index contributed by atoms with van der Waals surface area (Å²) in [6, 6.07) is 0. The van der Waals surface area contributed by atoms with Gasteiger partial charge < -0.3 is 0 Å². The largest absolute Gasteiger partial charge is 0.259 e. The van der Waals surface area contributed by atoms with Crippen LogP contribution in [0.3, 0.4) is 0 Å². The van der Waals surface area contributed by atoms with Crippen molar-refractivity contribution in [2.75, 3.05) is 0 Å². The third-order valence-corrected chi connectivity index (χ3v) is 0.271. The summed E-state index contributed by atoms with van der Waals surface area (Å²) in [5, 5.41) is 9.32. The van der Waals surface area contributed by atoms with Crippen molar-refractivity contribution in [1.29, 1.82) is 0 Å². The molecule has 0 saturated heterocycles. The lowest BCUT2D eigenvalue weighted by Crippen LogP contribution is -1.79. The highest BCUT2D eigenvalue weighted by Crippen LogP contribution is 1.67. The highest BCUT2D eigenvalue weighted by Gasteiger charge is 1.73. The highest BCUT2D eigenvalue weighted by molar-refractivity contribution is 4.62. The Morgan fingerprint density at radius 1 is 1.83 bits per heavy atom. The molecule has 0 aliphatic rings. The third-order valence-electron chi connectivity index (χ3n) is 0.271. The Balaban J connectivity index is 3.30. The Morgan fingerprint density at radius 3 is 2.33 bits per heavy atom. The van der Waals surface area contributed by atoms with Gasteiger partial charge in [0.15, 0.2) is 0 Å². The zero-order valence-corrected chi connectivity index (χ0v) is 3.42. The first-order valence-electron chi connectivity index (χ1n) is 1.53. The number of allylic oxidation sites excluding steroid dienone is 1. The van der Waals surface area contributed by atoms with Gasteiger partial charge in [-0.1, -0.05) is 0 Å². The van der Waals surface area contributed by atoms with Crippen molar-refractivity contribution in [2.45, 2.75) is 6.92 Å². The molecule has 0 spiro atoms. The van der Waals surface area contributed by atoms with Gasteiger partial charge in [0.1, 0.15) is 0 Å². The number of hydrogen-bond acceptors (Lipinski definition) is 2. The molecule has 34 valence electrons. The van der Waals surface area contributed by atoms with Crippen molar-refractivity contribution in [2.24, 2.45) is 0 Å². The molecule has 0 saturated carbocycles. The second-order valence-electron chi connectivity index (χ2n) is 0.768. The van der Waals surface area contributed by atoms with Gasteiger partial charge in [0.25, 0.3) is 0 Å². The third kappa shape index (κ3) is 3.14. The maximum atomic E-state index is 9.32. The maximum absolute atomic E-state index is 9.32. The maximum Gasteiger partial charge on any atom is 0.230 e. The van der Waals surface area contributed by atoms with Crippen LogP contribution in [0.5, 0.6) is 0 Å². The van der Waals surface area contributed by atoms with Gasteiger partial charge in [-0.05, 0) is 13.0 Å². The van der Waals surface area contributed by atoms with Crippen LogP contribution in [0.15, 0.2) is 12.3 Å². The average Bonchev–Trinajstić information content (AvgIpc) is 1.35. The lowest BCUT2D eigenvalue weighted by atomic mass is 10.7. The number of rotatable bonds is 1. The zero-order valence-electron chi connectivity index (χ0n) is 3.42. The van der Waals surface area contributed by atoms with Gasteiger partial charge in [0.2, 0.25) is 6.20 Å². The zero-order chi connectivity index (χ0) is 4.99. The van der Waals surface area contributed by atoms with Crippen LogP contribution >= 0.6 is 0 Å². The summed E-state index contributed by atoms with van der Waals surface area (Å²) < 4.78 is 0. The van der Waals surface area contributed by atoms with Crippen molar-refractivity contribution >= 4 is 0 Å². The molecule has 0 unspecified atom stereocenters. The van der Waals surface area contributed by atoms with E-state index in [1.807, 2.05) is 0 Å². The Morgan fingerprint density at radius 2 is 2.33 bits per heavy atom. The smallest absolute Gasteiger partial charge is 0.230 e. The molecule has 3 heteroatoms. The van der Waals surface area contributed by atoms with Gasteiger partial charge in [-0.15, -0.1) is 0 Å². The summed E-state index contributed by atoms with van der Waals surface area (Å²) >= 11 is 0. The number of nitrogens with zero attached hydrogens (tertiary/aromatic N) is 1. The molecule has 6 heavy (non-hydrogen) atoms. The molecule has 0 aromatic rings. The van der Waals surface area contributed by atoms with Crippen LogP contribution in [-0.4, -0.2) is 4.92 Å². The minimum absolute atomic E-state index is 0.500. The predicted octanol–water partition coefficient (Wildman–Crippen LogP) is 0.797. The summed E-state index contributed by atoms with van der Waals surface area (Å²) in [6.07, 6.45) is 2.26. The second-order valence-corrected chi connectivity index (χ2v) is 0.768.